The number of benzene rings is 2. The van der Waals surface area contributed by atoms with Gasteiger partial charge in [-0.05, 0) is 43.2 Å². The van der Waals surface area contributed by atoms with Gasteiger partial charge in [0, 0.05) is 18.8 Å². The number of hydrogen-bond donors (Lipinski definition) is 2. The number of anilines is 2. The molecule has 3 N–H and O–H groups in total. The van der Waals surface area contributed by atoms with Crippen LogP contribution < -0.4 is 10.0 Å². The molecule has 0 saturated heterocycles. The lowest BCUT2D eigenvalue weighted by molar-refractivity contribution is 0.475. The van der Waals surface area contributed by atoms with Crippen molar-refractivity contribution in [2.24, 2.45) is 0 Å². The molecule has 0 amide bonds. The van der Waals surface area contributed by atoms with Crippen molar-refractivity contribution in [2.75, 3.05) is 17.1 Å². The van der Waals surface area contributed by atoms with Gasteiger partial charge in [0.1, 0.15) is 5.75 Å². The Morgan fingerprint density at radius 3 is 2.43 bits per heavy atom. The molecule has 2 rings (SSSR count). The highest BCUT2D eigenvalue weighted by Gasteiger charge is 2.26. The van der Waals surface area contributed by atoms with Gasteiger partial charge in [-0.15, -0.1) is 0 Å². The molecule has 2 aromatic carbocycles. The number of nitrogens with two attached hydrogens (primary N) is 1. The van der Waals surface area contributed by atoms with Crippen LogP contribution in [0.3, 0.4) is 0 Å². The summed E-state index contributed by atoms with van der Waals surface area (Å²) in [7, 11) is -2.30. The Labute approximate surface area is 124 Å². The normalized spacial score (nSPS) is 11.4. The fourth-order valence-electron chi connectivity index (χ4n) is 2.20. The van der Waals surface area contributed by atoms with E-state index in [2.05, 4.69) is 0 Å². The molecule has 6 heteroatoms. The Bertz CT molecular complexity index is 786. The predicted octanol–water partition coefficient (Wildman–Crippen LogP) is 2.42. The minimum Gasteiger partial charge on any atom is -0.508 e. The average Bonchev–Trinajstić information content (AvgIpc) is 2.42. The number of aromatic hydroxyl groups is 1. The largest absolute Gasteiger partial charge is 0.508 e. The molecular weight excluding hydrogens is 288 g/mol. The summed E-state index contributed by atoms with van der Waals surface area (Å²) in [6.07, 6.45) is 0. The first-order chi connectivity index (χ1) is 9.75. The van der Waals surface area contributed by atoms with E-state index in [1.54, 1.807) is 38.1 Å². The number of aryl methyl sites for hydroxylation is 1. The van der Waals surface area contributed by atoms with E-state index in [4.69, 9.17) is 5.73 Å². The topological polar surface area (TPSA) is 83.6 Å². The molecule has 0 unspecified atom stereocenters. The number of hydrogen-bond acceptors (Lipinski definition) is 4. The molecule has 0 aliphatic heterocycles. The van der Waals surface area contributed by atoms with Gasteiger partial charge >= 0.3 is 0 Å². The minimum absolute atomic E-state index is 0.00979. The summed E-state index contributed by atoms with van der Waals surface area (Å²) in [5.74, 6) is 0.00979. The Kier molecular flexibility index (Phi) is 3.82. The Balaban J connectivity index is 2.60. The van der Waals surface area contributed by atoms with E-state index in [9.17, 15) is 13.5 Å². The molecule has 2 aromatic rings. The van der Waals surface area contributed by atoms with E-state index >= 15 is 0 Å². The summed E-state index contributed by atoms with van der Waals surface area (Å²) in [5.41, 5.74) is 7.81. The smallest absolute Gasteiger partial charge is 0.264 e. The summed E-state index contributed by atoms with van der Waals surface area (Å²) in [6, 6.07) is 9.48. The number of phenolic OH excluding ortho intramolecular Hbond substituents is 1. The van der Waals surface area contributed by atoms with E-state index in [0.29, 0.717) is 22.5 Å². The van der Waals surface area contributed by atoms with Crippen molar-refractivity contribution in [1.29, 1.82) is 0 Å². The van der Waals surface area contributed by atoms with Crippen LogP contribution >= 0.6 is 0 Å². The second-order valence-electron chi connectivity index (χ2n) is 4.92. The lowest BCUT2D eigenvalue weighted by atomic mass is 10.1. The van der Waals surface area contributed by atoms with Crippen molar-refractivity contribution in [3.05, 3.63) is 47.5 Å². The molecule has 0 heterocycles. The van der Waals surface area contributed by atoms with Gasteiger partial charge in [-0.25, -0.2) is 8.42 Å². The van der Waals surface area contributed by atoms with Crippen molar-refractivity contribution in [3.63, 3.8) is 0 Å². The van der Waals surface area contributed by atoms with Crippen molar-refractivity contribution in [3.8, 4) is 5.75 Å². The third-order valence-electron chi connectivity index (χ3n) is 3.46. The second-order valence-corrected chi connectivity index (χ2v) is 6.82. The Hall–Kier alpha value is -2.21. The summed E-state index contributed by atoms with van der Waals surface area (Å²) in [4.78, 5) is 0.202. The molecule has 0 aliphatic carbocycles. The molecule has 21 heavy (non-hydrogen) atoms. The Morgan fingerprint density at radius 2 is 1.81 bits per heavy atom. The van der Waals surface area contributed by atoms with Gasteiger partial charge in [-0.2, -0.15) is 0 Å². The van der Waals surface area contributed by atoms with Crippen LogP contribution in [0.2, 0.25) is 0 Å². The second kappa shape index (κ2) is 5.29. The van der Waals surface area contributed by atoms with Crippen molar-refractivity contribution in [2.45, 2.75) is 18.7 Å². The average molecular weight is 306 g/mol. The molecule has 0 aliphatic rings. The number of nitrogens with zero attached hydrogens (tertiary/aromatic N) is 1. The SMILES string of the molecule is Cc1ccc(N)c(C)c1S(=O)(=O)N(C)c1cccc(O)c1. The standard InChI is InChI=1S/C15H18N2O3S/c1-10-7-8-14(16)11(2)15(10)21(19,20)17(3)12-5-4-6-13(18)9-12/h4-9,18H,16H2,1-3H3. The number of rotatable bonds is 3. The maximum atomic E-state index is 12.8. The van der Waals surface area contributed by atoms with Gasteiger partial charge in [-0.3, -0.25) is 4.31 Å². The lowest BCUT2D eigenvalue weighted by Crippen LogP contribution is -2.28. The van der Waals surface area contributed by atoms with Crippen molar-refractivity contribution >= 4 is 21.4 Å². The van der Waals surface area contributed by atoms with E-state index in [1.807, 2.05) is 0 Å². The lowest BCUT2D eigenvalue weighted by Gasteiger charge is -2.22. The summed E-state index contributed by atoms with van der Waals surface area (Å²) >= 11 is 0. The first kappa shape index (κ1) is 15.2. The third-order valence-corrected chi connectivity index (χ3v) is 5.53. The molecular formula is C15H18N2O3S. The van der Waals surface area contributed by atoms with E-state index in [0.717, 1.165) is 4.31 Å². The molecule has 0 atom stereocenters. The predicted molar refractivity (Wildman–Crippen MR) is 84.0 cm³/mol. The number of phenols is 1. The van der Waals surface area contributed by atoms with Crippen LogP contribution in [0.4, 0.5) is 11.4 Å². The zero-order valence-electron chi connectivity index (χ0n) is 12.2. The van der Waals surface area contributed by atoms with Crippen LogP contribution in [-0.2, 0) is 10.0 Å². The monoisotopic (exact) mass is 306 g/mol. The van der Waals surface area contributed by atoms with Crippen LogP contribution in [0.1, 0.15) is 11.1 Å². The third kappa shape index (κ3) is 2.67. The fourth-order valence-corrected chi connectivity index (χ4v) is 3.85. The van der Waals surface area contributed by atoms with Gasteiger partial charge in [0.2, 0.25) is 0 Å². The van der Waals surface area contributed by atoms with Crippen LogP contribution in [-0.4, -0.2) is 20.6 Å². The molecule has 0 bridgehead atoms. The molecule has 5 nitrogen and oxygen atoms in total. The van der Waals surface area contributed by atoms with Crippen molar-refractivity contribution < 1.29 is 13.5 Å². The van der Waals surface area contributed by atoms with E-state index in [-0.39, 0.29) is 10.6 Å². The minimum atomic E-state index is -3.75. The summed E-state index contributed by atoms with van der Waals surface area (Å²) in [5, 5.41) is 9.51. The van der Waals surface area contributed by atoms with Crippen LogP contribution in [0.5, 0.6) is 5.75 Å². The zero-order chi connectivity index (χ0) is 15.8. The molecule has 112 valence electrons. The highest BCUT2D eigenvalue weighted by Crippen LogP contribution is 2.30. The van der Waals surface area contributed by atoms with Crippen LogP contribution in [0.15, 0.2) is 41.3 Å². The van der Waals surface area contributed by atoms with E-state index in [1.165, 1.54) is 19.2 Å². The first-order valence-electron chi connectivity index (χ1n) is 6.39. The fraction of sp³-hybridized carbons (Fsp3) is 0.200. The van der Waals surface area contributed by atoms with Gasteiger partial charge in [0.25, 0.3) is 10.0 Å². The number of nitrogen functional groups attached to an aromatic ring is 1. The zero-order valence-corrected chi connectivity index (χ0v) is 13.0. The molecule has 0 aromatic heterocycles. The van der Waals surface area contributed by atoms with Crippen LogP contribution in [0.25, 0.3) is 0 Å². The number of sulfonamides is 1. The maximum Gasteiger partial charge on any atom is 0.264 e. The molecule has 0 saturated carbocycles. The van der Waals surface area contributed by atoms with Crippen LogP contribution in [0, 0.1) is 13.8 Å². The maximum absolute atomic E-state index is 12.8. The van der Waals surface area contributed by atoms with E-state index < -0.39 is 10.0 Å². The highest BCUT2D eigenvalue weighted by molar-refractivity contribution is 7.93. The summed E-state index contributed by atoms with van der Waals surface area (Å²) in [6.45, 7) is 3.42. The first-order valence-corrected chi connectivity index (χ1v) is 7.83. The molecule has 0 spiro atoms. The van der Waals surface area contributed by atoms with Gasteiger partial charge in [-0.1, -0.05) is 12.1 Å². The molecule has 0 fully saturated rings. The highest BCUT2D eigenvalue weighted by atomic mass is 32.2. The van der Waals surface area contributed by atoms with Gasteiger partial charge in [0.05, 0.1) is 10.6 Å². The van der Waals surface area contributed by atoms with Gasteiger partial charge in [0.15, 0.2) is 0 Å². The van der Waals surface area contributed by atoms with Gasteiger partial charge < -0.3 is 10.8 Å². The summed E-state index contributed by atoms with van der Waals surface area (Å²) < 4.78 is 26.8. The quantitative estimate of drug-likeness (QED) is 0.853. The Morgan fingerprint density at radius 1 is 1.14 bits per heavy atom. The van der Waals surface area contributed by atoms with Crippen molar-refractivity contribution in [1.82, 2.24) is 0 Å². The molecule has 0 radical (unpaired) electrons.